The molecule has 7 N–H and O–H groups in total. The number of fused-ring (bicyclic) bond motifs is 9. The Hall–Kier alpha value is -8.65. The summed E-state index contributed by atoms with van der Waals surface area (Å²) in [6, 6.07) is 29.4. The van der Waals surface area contributed by atoms with Crippen molar-refractivity contribution < 1.29 is 39.2 Å². The highest BCUT2D eigenvalue weighted by atomic mass is 16.6. The van der Waals surface area contributed by atoms with E-state index in [1.165, 1.54) is 25.1 Å². The number of aromatic nitrogens is 6. The highest BCUT2D eigenvalue weighted by Gasteiger charge is 2.38. The second-order valence-electron chi connectivity index (χ2n) is 29.7. The van der Waals surface area contributed by atoms with E-state index >= 15 is 0 Å². The van der Waals surface area contributed by atoms with Crippen molar-refractivity contribution >= 4 is 47.2 Å². The number of likely N-dealkylation sites (tertiary alicyclic amines) is 2. The molecule has 3 unspecified atom stereocenters. The van der Waals surface area contributed by atoms with Gasteiger partial charge in [0.05, 0.1) is 51.9 Å². The molecule has 0 radical (unpaired) electrons. The van der Waals surface area contributed by atoms with E-state index in [-0.39, 0.29) is 35.4 Å². The quantitative estimate of drug-likeness (QED) is 0.0703. The normalized spacial score (nSPS) is 21.2. The highest BCUT2D eigenvalue weighted by Crippen LogP contribution is 2.40. The number of hydrogen-bond acceptors (Lipinski definition) is 23. The van der Waals surface area contributed by atoms with E-state index in [0.717, 1.165) is 207 Å². The van der Waals surface area contributed by atoms with Crippen LogP contribution in [0.4, 0.5) is 38.3 Å². The first-order chi connectivity index (χ1) is 47.8. The van der Waals surface area contributed by atoms with Crippen molar-refractivity contribution in [1.29, 1.82) is 0 Å². The van der Waals surface area contributed by atoms with Crippen molar-refractivity contribution in [3.63, 3.8) is 0 Å². The molecule has 6 fully saturated rings. The van der Waals surface area contributed by atoms with Gasteiger partial charge in [0.25, 0.3) is 0 Å². The zero-order chi connectivity index (χ0) is 69.2. The molecule has 6 aromatic rings. The van der Waals surface area contributed by atoms with Crippen LogP contribution in [-0.4, -0.2) is 238 Å². The summed E-state index contributed by atoms with van der Waals surface area (Å²) in [5.74, 6) is 3.90. The van der Waals surface area contributed by atoms with Crippen molar-refractivity contribution in [1.82, 2.24) is 60.8 Å². The Morgan fingerprint density at radius 3 is 1.38 bits per heavy atom. The SMILES string of the molecule is CC(C)(C)OC(=O)N1CCC(C=O)CC1.CC(C)(C)OC(=O)N1CCC(CN2CCN3c4cc(-c5ccccc5O)nnc4NCC3C2)CC1.Oc1ccccc1-c1cc2c(nn1)CCC1CNCCN21.Oc1ccccc1-c1cc2c(nn1)NCC1CN(CC3CCNCC3)CCN21. The molecule has 0 aliphatic carbocycles. The van der Waals surface area contributed by atoms with Crippen molar-refractivity contribution in [2.75, 3.05) is 150 Å². The lowest BCUT2D eigenvalue weighted by Crippen LogP contribution is -2.58. The number of phenols is 3. The van der Waals surface area contributed by atoms with Crippen LogP contribution in [0.5, 0.6) is 17.2 Å². The van der Waals surface area contributed by atoms with Gasteiger partial charge in [0.1, 0.15) is 34.7 Å². The minimum absolute atomic E-state index is 0.115. The molecule has 530 valence electrons. The van der Waals surface area contributed by atoms with E-state index < -0.39 is 11.2 Å². The smallest absolute Gasteiger partial charge is 0.410 e. The van der Waals surface area contributed by atoms with Gasteiger partial charge >= 0.3 is 12.2 Å². The number of carbonyl (C=O) groups is 3. The predicted octanol–water partition coefficient (Wildman–Crippen LogP) is 8.58. The number of piperidine rings is 3. The van der Waals surface area contributed by atoms with Crippen LogP contribution in [0.25, 0.3) is 33.8 Å². The van der Waals surface area contributed by atoms with E-state index in [1.54, 1.807) is 23.1 Å². The Bertz CT molecular complexity index is 3720. The zero-order valence-corrected chi connectivity index (χ0v) is 58.5. The van der Waals surface area contributed by atoms with Crippen molar-refractivity contribution in [3.05, 3.63) is 96.7 Å². The van der Waals surface area contributed by atoms with Crippen LogP contribution in [0, 0.1) is 17.8 Å². The van der Waals surface area contributed by atoms with Crippen molar-refractivity contribution in [2.24, 2.45) is 17.8 Å². The molecule has 2 amide bonds. The summed E-state index contributed by atoms with van der Waals surface area (Å²) in [6.07, 6.45) is 8.76. The van der Waals surface area contributed by atoms with Crippen LogP contribution < -0.4 is 36.0 Å². The molecule has 6 saturated heterocycles. The summed E-state index contributed by atoms with van der Waals surface area (Å²) in [5, 5.41) is 70.5. The maximum Gasteiger partial charge on any atom is 0.410 e. The number of phenolic OH excluding ortho intramolecular Hbond substituents is 3. The number of rotatable bonds is 8. The molecule has 9 aliphatic heterocycles. The zero-order valence-electron chi connectivity index (χ0n) is 58.5. The number of nitrogens with zero attached hydrogens (tertiary/aromatic N) is 13. The predicted molar refractivity (Wildman–Crippen MR) is 385 cm³/mol. The van der Waals surface area contributed by atoms with Gasteiger partial charge in [-0.3, -0.25) is 9.80 Å². The van der Waals surface area contributed by atoms with Crippen molar-refractivity contribution in [2.45, 2.75) is 122 Å². The lowest BCUT2D eigenvalue weighted by atomic mass is 9.95. The van der Waals surface area contributed by atoms with Gasteiger partial charge in [0.2, 0.25) is 0 Å². The van der Waals surface area contributed by atoms with Gasteiger partial charge in [-0.05, 0) is 172 Å². The maximum absolute atomic E-state index is 12.4. The molecule has 99 heavy (non-hydrogen) atoms. The molecule has 3 atom stereocenters. The van der Waals surface area contributed by atoms with Crippen LogP contribution >= 0.6 is 0 Å². The van der Waals surface area contributed by atoms with Crippen LogP contribution in [-0.2, 0) is 20.7 Å². The first-order valence-electron chi connectivity index (χ1n) is 35.8. The van der Waals surface area contributed by atoms with Gasteiger partial charge in [0.15, 0.2) is 11.6 Å². The molecule has 12 heterocycles. The fraction of sp³-hybridized carbons (Fsp3) is 0.554. The number of nitrogens with one attached hydrogen (secondary N) is 4. The Labute approximate surface area is 582 Å². The van der Waals surface area contributed by atoms with Gasteiger partial charge in [-0.2, -0.15) is 5.10 Å². The standard InChI is InChI=1S/C26H36N6O3.C21H28N6O.C16H18N4O.C11H19NO3/c1-26(2,3)35-25(34)31-10-8-18(9-11-31)16-30-12-13-32-19(17-30)15-27-24-22(32)14-21(28-29-24)20-6-4-5-7-23(20)33;28-20-4-2-1-3-17(20)18-11-19-21(25-24-18)23-12-16-14-26(9-10-27(16)19)13-15-5-7-22-8-6-15;21-16-4-2-1-3-12(16)14-9-15-13(18-19-14)6-5-11-10-17-7-8-20(11)15;1-11(2,3)15-10(14)12-6-4-9(8-13)5-7-12/h4-7,14,18-19,33H,8-13,15-17H2,1-3H3,(H,27,29);1-4,11,15-16,22,28H,5-10,12-14H2,(H,23,25);1-4,9,11,17,21H,5-8,10H2;8-9H,4-7H2,1-3H3. The molecular weight excluding hydrogens is 1250 g/mol. The second-order valence-corrected chi connectivity index (χ2v) is 29.7. The van der Waals surface area contributed by atoms with E-state index in [9.17, 15) is 29.7 Å². The average Bonchev–Trinajstić information content (AvgIpc) is 0.785. The summed E-state index contributed by atoms with van der Waals surface area (Å²) < 4.78 is 10.8. The third-order valence-corrected chi connectivity index (χ3v) is 20.2. The summed E-state index contributed by atoms with van der Waals surface area (Å²) in [5.41, 5.74) is 7.83. The van der Waals surface area contributed by atoms with E-state index in [0.29, 0.717) is 48.4 Å². The molecule has 0 saturated carbocycles. The van der Waals surface area contributed by atoms with Crippen LogP contribution in [0.15, 0.2) is 91.0 Å². The number of aromatic hydroxyl groups is 3. The molecule has 25 nitrogen and oxygen atoms in total. The number of benzene rings is 3. The average molecular weight is 1360 g/mol. The number of para-hydroxylation sites is 3. The molecule has 0 spiro atoms. The topological polar surface area (TPSA) is 278 Å². The number of aryl methyl sites for hydroxylation is 1. The van der Waals surface area contributed by atoms with Crippen LogP contribution in [0.2, 0.25) is 0 Å². The number of hydrogen-bond donors (Lipinski definition) is 7. The molecular formula is C74H101N17O8. The number of piperazine rings is 3. The lowest BCUT2D eigenvalue weighted by molar-refractivity contribution is -0.112. The van der Waals surface area contributed by atoms with Gasteiger partial charge in [0, 0.05) is 140 Å². The second kappa shape index (κ2) is 31.7. The maximum atomic E-state index is 12.4. The first-order valence-corrected chi connectivity index (χ1v) is 35.8. The summed E-state index contributed by atoms with van der Waals surface area (Å²) in [4.78, 5) is 50.6. The largest absolute Gasteiger partial charge is 0.507 e. The molecule has 9 aliphatic rings. The monoisotopic (exact) mass is 1360 g/mol. The molecule has 3 aromatic heterocycles. The Balaban J connectivity index is 0.000000131. The Morgan fingerprint density at radius 1 is 0.485 bits per heavy atom. The van der Waals surface area contributed by atoms with E-state index in [2.05, 4.69) is 88.5 Å². The van der Waals surface area contributed by atoms with E-state index in [1.807, 2.05) is 107 Å². The van der Waals surface area contributed by atoms with Crippen LogP contribution in [0.3, 0.4) is 0 Å². The number of carbonyl (C=O) groups excluding carboxylic acids is 3. The number of ether oxygens (including phenoxy) is 2. The Morgan fingerprint density at radius 2 is 0.919 bits per heavy atom. The number of amides is 2. The van der Waals surface area contributed by atoms with E-state index in [4.69, 9.17) is 9.47 Å². The minimum atomic E-state index is -0.450. The van der Waals surface area contributed by atoms with Gasteiger partial charge in [-0.1, -0.05) is 36.4 Å². The Kier molecular flexibility index (Phi) is 22.5. The first kappa shape index (κ1) is 70.2. The summed E-state index contributed by atoms with van der Waals surface area (Å²) in [7, 11) is 0. The third kappa shape index (κ3) is 17.9. The fourth-order valence-corrected chi connectivity index (χ4v) is 14.9. The molecule has 15 rings (SSSR count). The third-order valence-electron chi connectivity index (χ3n) is 20.2. The lowest BCUT2D eigenvalue weighted by Gasteiger charge is -2.47. The van der Waals surface area contributed by atoms with Gasteiger partial charge in [-0.15, -0.1) is 25.5 Å². The molecule has 3 aromatic carbocycles. The number of aldehydes is 1. The van der Waals surface area contributed by atoms with Crippen molar-refractivity contribution in [3.8, 4) is 51.0 Å². The summed E-state index contributed by atoms with van der Waals surface area (Å²) in [6.45, 7) is 29.6. The molecule has 0 bridgehead atoms. The fourth-order valence-electron chi connectivity index (χ4n) is 14.9. The number of anilines is 5. The van der Waals surface area contributed by atoms with Gasteiger partial charge in [-0.25, -0.2) is 9.59 Å². The minimum Gasteiger partial charge on any atom is -0.507 e. The van der Waals surface area contributed by atoms with Crippen LogP contribution in [0.1, 0.15) is 92.2 Å². The highest BCUT2D eigenvalue weighted by molar-refractivity contribution is 5.78. The van der Waals surface area contributed by atoms with Gasteiger partial charge < -0.3 is 75.4 Å². The molecule has 25 heteroatoms. The summed E-state index contributed by atoms with van der Waals surface area (Å²) >= 11 is 0.